The molecule has 0 unspecified atom stereocenters. The van der Waals surface area contributed by atoms with E-state index in [2.05, 4.69) is 15.5 Å². The van der Waals surface area contributed by atoms with Crippen LogP contribution in [0.25, 0.3) is 22.4 Å². The largest absolute Gasteiger partial charge is 0.422 e. The second kappa shape index (κ2) is 6.12. The number of nitrogens with zero attached hydrogens (tertiary/aromatic N) is 4. The van der Waals surface area contributed by atoms with Crippen molar-refractivity contribution in [2.75, 3.05) is 0 Å². The summed E-state index contributed by atoms with van der Waals surface area (Å²) in [6.07, 6.45) is 0. The van der Waals surface area contributed by atoms with E-state index >= 15 is 0 Å². The van der Waals surface area contributed by atoms with Crippen molar-refractivity contribution in [2.45, 2.75) is 6.54 Å². The van der Waals surface area contributed by atoms with Gasteiger partial charge in [0, 0.05) is 10.9 Å². The van der Waals surface area contributed by atoms with Crippen molar-refractivity contribution in [3.8, 4) is 11.4 Å². The molecule has 7 nitrogen and oxygen atoms in total. The topological polar surface area (TPSA) is 90.9 Å². The standard InChI is InChI=1S/C18H12N4O3/c23-15(14-10-13-8-4-5-9-16(13)25-18(14)24)11-22-17(19-20-21-22)12-6-2-1-3-7-12/h1-10H,11H2. The summed E-state index contributed by atoms with van der Waals surface area (Å²) in [5.41, 5.74) is 0.536. The van der Waals surface area contributed by atoms with Gasteiger partial charge in [-0.3, -0.25) is 4.79 Å². The summed E-state index contributed by atoms with van der Waals surface area (Å²) < 4.78 is 6.58. The maximum absolute atomic E-state index is 12.6. The van der Waals surface area contributed by atoms with Gasteiger partial charge in [-0.2, -0.15) is 0 Å². The average molecular weight is 332 g/mol. The lowest BCUT2D eigenvalue weighted by Crippen LogP contribution is -2.20. The molecule has 0 aliphatic carbocycles. The van der Waals surface area contributed by atoms with Gasteiger partial charge in [-0.1, -0.05) is 48.5 Å². The van der Waals surface area contributed by atoms with Gasteiger partial charge in [0.15, 0.2) is 11.6 Å². The second-order valence-electron chi connectivity index (χ2n) is 5.43. The molecule has 0 aliphatic rings. The van der Waals surface area contributed by atoms with Gasteiger partial charge in [0.25, 0.3) is 0 Å². The van der Waals surface area contributed by atoms with E-state index in [4.69, 9.17) is 4.42 Å². The van der Waals surface area contributed by atoms with E-state index in [-0.39, 0.29) is 12.1 Å². The van der Waals surface area contributed by atoms with E-state index in [9.17, 15) is 9.59 Å². The zero-order valence-electron chi connectivity index (χ0n) is 13.0. The molecule has 0 N–H and O–H groups in total. The number of benzene rings is 2. The van der Waals surface area contributed by atoms with Crippen LogP contribution in [0.5, 0.6) is 0 Å². The number of hydrogen-bond donors (Lipinski definition) is 0. The molecule has 4 aromatic rings. The molecule has 0 aliphatic heterocycles. The number of hydrogen-bond acceptors (Lipinski definition) is 6. The molecular formula is C18H12N4O3. The normalized spacial score (nSPS) is 10.9. The summed E-state index contributed by atoms with van der Waals surface area (Å²) in [5.74, 6) is 0.0445. The van der Waals surface area contributed by atoms with Crippen molar-refractivity contribution in [1.82, 2.24) is 20.2 Å². The number of ketones is 1. The fourth-order valence-electron chi connectivity index (χ4n) is 2.58. The minimum Gasteiger partial charge on any atom is -0.422 e. The Balaban J connectivity index is 1.69. The highest BCUT2D eigenvalue weighted by Gasteiger charge is 2.17. The highest BCUT2D eigenvalue weighted by Crippen LogP contribution is 2.16. The molecule has 0 fully saturated rings. The van der Waals surface area contributed by atoms with Gasteiger partial charge >= 0.3 is 5.63 Å². The van der Waals surface area contributed by atoms with Gasteiger partial charge in [-0.05, 0) is 22.6 Å². The molecule has 4 rings (SSSR count). The minimum absolute atomic E-state index is 0.0202. The van der Waals surface area contributed by atoms with Crippen LogP contribution in [0.2, 0.25) is 0 Å². The maximum Gasteiger partial charge on any atom is 0.347 e. The third-order valence-corrected chi connectivity index (χ3v) is 3.80. The van der Waals surface area contributed by atoms with E-state index in [0.717, 1.165) is 5.56 Å². The van der Waals surface area contributed by atoms with Crippen LogP contribution in [0.1, 0.15) is 10.4 Å². The summed E-state index contributed by atoms with van der Waals surface area (Å²) >= 11 is 0. The number of Topliss-reactive ketones (excluding diaryl/α,β-unsaturated/α-hetero) is 1. The third-order valence-electron chi connectivity index (χ3n) is 3.80. The predicted molar refractivity (Wildman–Crippen MR) is 90.1 cm³/mol. The van der Waals surface area contributed by atoms with Crippen molar-refractivity contribution in [3.63, 3.8) is 0 Å². The van der Waals surface area contributed by atoms with Crippen LogP contribution in [0, 0.1) is 0 Å². The Morgan fingerprint density at radius 3 is 2.64 bits per heavy atom. The van der Waals surface area contributed by atoms with Gasteiger partial charge in [0.05, 0.1) is 0 Å². The number of tetrazole rings is 1. The summed E-state index contributed by atoms with van der Waals surface area (Å²) in [6, 6.07) is 17.8. The zero-order valence-corrected chi connectivity index (χ0v) is 13.0. The van der Waals surface area contributed by atoms with Crippen LogP contribution in [-0.4, -0.2) is 26.0 Å². The number of carbonyl (C=O) groups is 1. The number of rotatable bonds is 4. The SMILES string of the molecule is O=C(Cn1nnnc1-c1ccccc1)c1cc2ccccc2oc1=O. The van der Waals surface area contributed by atoms with Gasteiger partial charge in [-0.15, -0.1) is 5.10 Å². The Hall–Kier alpha value is -3.61. The first kappa shape index (κ1) is 14.9. The molecule has 0 spiro atoms. The van der Waals surface area contributed by atoms with Crippen molar-refractivity contribution < 1.29 is 9.21 Å². The number of carbonyl (C=O) groups excluding carboxylic acids is 1. The lowest BCUT2D eigenvalue weighted by atomic mass is 10.1. The summed E-state index contributed by atoms with van der Waals surface area (Å²) in [5, 5.41) is 12.1. The molecule has 0 saturated carbocycles. The number of aromatic nitrogens is 4. The predicted octanol–water partition coefficient (Wildman–Crippen LogP) is 2.33. The van der Waals surface area contributed by atoms with E-state index in [1.165, 1.54) is 10.7 Å². The Morgan fingerprint density at radius 1 is 1.04 bits per heavy atom. The molecule has 2 aromatic carbocycles. The lowest BCUT2D eigenvalue weighted by Gasteiger charge is -2.04. The van der Waals surface area contributed by atoms with Crippen LogP contribution in [-0.2, 0) is 6.54 Å². The van der Waals surface area contributed by atoms with Crippen molar-refractivity contribution in [3.05, 3.63) is 76.6 Å². The first-order chi connectivity index (χ1) is 12.2. The molecule has 0 atom stereocenters. The molecule has 2 heterocycles. The van der Waals surface area contributed by atoms with E-state index in [1.54, 1.807) is 18.2 Å². The zero-order chi connectivity index (χ0) is 17.2. The molecular weight excluding hydrogens is 320 g/mol. The fraction of sp³-hybridized carbons (Fsp3) is 0.0556. The molecule has 7 heteroatoms. The van der Waals surface area contributed by atoms with Crippen LogP contribution in [0.3, 0.4) is 0 Å². The van der Waals surface area contributed by atoms with Crippen LogP contribution in [0.15, 0.2) is 69.9 Å². The van der Waals surface area contributed by atoms with Crippen LogP contribution in [0.4, 0.5) is 0 Å². The summed E-state index contributed by atoms with van der Waals surface area (Å²) in [4.78, 5) is 24.7. The van der Waals surface area contributed by atoms with Crippen molar-refractivity contribution >= 4 is 16.8 Å². The van der Waals surface area contributed by atoms with Gasteiger partial charge in [0.1, 0.15) is 17.7 Å². The molecule has 0 radical (unpaired) electrons. The van der Waals surface area contributed by atoms with Crippen LogP contribution >= 0.6 is 0 Å². The molecule has 2 aromatic heterocycles. The highest BCUT2D eigenvalue weighted by molar-refractivity contribution is 5.98. The Labute approximate surface area is 141 Å². The summed E-state index contributed by atoms with van der Waals surface area (Å²) in [7, 11) is 0. The Morgan fingerprint density at radius 2 is 1.80 bits per heavy atom. The van der Waals surface area contributed by atoms with Gasteiger partial charge < -0.3 is 4.42 Å². The average Bonchev–Trinajstić information content (AvgIpc) is 3.10. The Bertz CT molecular complexity index is 1120. The molecule has 25 heavy (non-hydrogen) atoms. The first-order valence-corrected chi connectivity index (χ1v) is 7.60. The summed E-state index contributed by atoms with van der Waals surface area (Å²) in [6.45, 7) is -0.152. The first-order valence-electron chi connectivity index (χ1n) is 7.60. The monoisotopic (exact) mass is 332 g/mol. The van der Waals surface area contributed by atoms with Crippen molar-refractivity contribution in [1.29, 1.82) is 0 Å². The van der Waals surface area contributed by atoms with Crippen LogP contribution < -0.4 is 5.63 Å². The van der Waals surface area contributed by atoms with E-state index < -0.39 is 11.4 Å². The second-order valence-corrected chi connectivity index (χ2v) is 5.43. The number of para-hydroxylation sites is 1. The molecule has 0 amide bonds. The maximum atomic E-state index is 12.6. The molecule has 0 bridgehead atoms. The van der Waals surface area contributed by atoms with Gasteiger partial charge in [0.2, 0.25) is 0 Å². The quantitative estimate of drug-likeness (QED) is 0.421. The van der Waals surface area contributed by atoms with E-state index in [1.807, 2.05) is 36.4 Å². The minimum atomic E-state index is -0.668. The molecule has 122 valence electrons. The van der Waals surface area contributed by atoms with Gasteiger partial charge in [-0.25, -0.2) is 9.48 Å². The molecule has 0 saturated heterocycles. The smallest absolute Gasteiger partial charge is 0.347 e. The number of fused-ring (bicyclic) bond motifs is 1. The lowest BCUT2D eigenvalue weighted by molar-refractivity contribution is 0.0964. The highest BCUT2D eigenvalue weighted by atomic mass is 16.4. The fourth-order valence-corrected chi connectivity index (χ4v) is 2.58. The third kappa shape index (κ3) is 2.83. The Kier molecular flexibility index (Phi) is 3.66. The van der Waals surface area contributed by atoms with Crippen molar-refractivity contribution in [2.24, 2.45) is 0 Å². The van der Waals surface area contributed by atoms with E-state index in [0.29, 0.717) is 16.8 Å².